The van der Waals surface area contributed by atoms with E-state index < -0.39 is 0 Å². The van der Waals surface area contributed by atoms with E-state index in [9.17, 15) is 9.50 Å². The van der Waals surface area contributed by atoms with E-state index in [1.807, 2.05) is 6.07 Å². The molecule has 0 aliphatic carbocycles. The van der Waals surface area contributed by atoms with Gasteiger partial charge in [-0.2, -0.15) is 0 Å². The quantitative estimate of drug-likeness (QED) is 0.808. The van der Waals surface area contributed by atoms with E-state index >= 15 is 0 Å². The Labute approximate surface area is 89.3 Å². The van der Waals surface area contributed by atoms with Gasteiger partial charge in [0, 0.05) is 23.8 Å². The van der Waals surface area contributed by atoms with Crippen LogP contribution in [-0.4, -0.2) is 17.7 Å². The van der Waals surface area contributed by atoms with Crippen molar-refractivity contribution >= 4 is 5.69 Å². The molecule has 0 amide bonds. The standard InChI is InChI=1S/C12H16FNO/c1-9-4-3-7-14(9)12-6-2-5-11(13)10(12)8-15/h2,5-6,9,15H,3-4,7-8H2,1H3. The molecular formula is C12H16FNO. The molecule has 1 aliphatic heterocycles. The summed E-state index contributed by atoms with van der Waals surface area (Å²) in [6, 6.07) is 5.43. The largest absolute Gasteiger partial charge is 0.391 e. The number of anilines is 1. The van der Waals surface area contributed by atoms with Gasteiger partial charge >= 0.3 is 0 Å². The molecule has 1 aromatic carbocycles. The zero-order valence-corrected chi connectivity index (χ0v) is 8.91. The molecule has 0 aromatic heterocycles. The number of halogens is 1. The molecule has 0 spiro atoms. The predicted octanol–water partition coefficient (Wildman–Crippen LogP) is 2.31. The number of nitrogens with zero attached hydrogens (tertiary/aromatic N) is 1. The molecule has 1 atom stereocenters. The van der Waals surface area contributed by atoms with Crippen molar-refractivity contribution in [1.82, 2.24) is 0 Å². The van der Waals surface area contributed by atoms with Crippen molar-refractivity contribution < 1.29 is 9.50 Å². The highest BCUT2D eigenvalue weighted by atomic mass is 19.1. The molecule has 1 aliphatic rings. The Morgan fingerprint density at radius 3 is 2.93 bits per heavy atom. The van der Waals surface area contributed by atoms with Crippen molar-refractivity contribution in [1.29, 1.82) is 0 Å². The van der Waals surface area contributed by atoms with E-state index in [1.165, 1.54) is 6.07 Å². The summed E-state index contributed by atoms with van der Waals surface area (Å²) >= 11 is 0. The van der Waals surface area contributed by atoms with Crippen molar-refractivity contribution in [2.24, 2.45) is 0 Å². The zero-order chi connectivity index (χ0) is 10.8. The van der Waals surface area contributed by atoms with E-state index in [4.69, 9.17) is 0 Å². The molecule has 82 valence electrons. The van der Waals surface area contributed by atoms with Gasteiger partial charge in [0.15, 0.2) is 0 Å². The van der Waals surface area contributed by atoms with Gasteiger partial charge in [0.2, 0.25) is 0 Å². The maximum absolute atomic E-state index is 13.4. The highest BCUT2D eigenvalue weighted by molar-refractivity contribution is 5.55. The van der Waals surface area contributed by atoms with Gasteiger partial charge < -0.3 is 10.0 Å². The number of hydrogen-bond donors (Lipinski definition) is 1. The number of aliphatic hydroxyl groups is 1. The van der Waals surface area contributed by atoms with Crippen LogP contribution in [0.4, 0.5) is 10.1 Å². The minimum Gasteiger partial charge on any atom is -0.391 e. The molecule has 0 saturated carbocycles. The minimum atomic E-state index is -0.311. The van der Waals surface area contributed by atoms with Gasteiger partial charge in [-0.25, -0.2) is 4.39 Å². The third-order valence-electron chi connectivity index (χ3n) is 3.11. The smallest absolute Gasteiger partial charge is 0.130 e. The van der Waals surface area contributed by atoms with Crippen LogP contribution in [0, 0.1) is 5.82 Å². The third kappa shape index (κ3) is 1.84. The summed E-state index contributed by atoms with van der Waals surface area (Å²) in [7, 11) is 0. The normalized spacial score (nSPS) is 21.0. The Kier molecular flexibility index (Phi) is 2.91. The first-order chi connectivity index (χ1) is 7.24. The number of hydrogen-bond acceptors (Lipinski definition) is 2. The lowest BCUT2D eigenvalue weighted by atomic mass is 10.1. The van der Waals surface area contributed by atoms with Crippen molar-refractivity contribution in [3.05, 3.63) is 29.6 Å². The van der Waals surface area contributed by atoms with Gasteiger partial charge in [0.05, 0.1) is 6.61 Å². The Hall–Kier alpha value is -1.09. The molecule has 0 bridgehead atoms. The average Bonchev–Trinajstić information content (AvgIpc) is 2.64. The second kappa shape index (κ2) is 4.19. The molecule has 3 heteroatoms. The molecular weight excluding hydrogens is 193 g/mol. The molecule has 1 aromatic rings. The van der Waals surface area contributed by atoms with Crippen molar-refractivity contribution in [2.75, 3.05) is 11.4 Å². The molecule has 15 heavy (non-hydrogen) atoms. The fourth-order valence-electron chi connectivity index (χ4n) is 2.26. The molecule has 2 nitrogen and oxygen atoms in total. The minimum absolute atomic E-state index is 0.231. The molecule has 2 rings (SSSR count). The van der Waals surface area contributed by atoms with Crippen LogP contribution in [0.5, 0.6) is 0 Å². The second-order valence-corrected chi connectivity index (χ2v) is 4.08. The van der Waals surface area contributed by atoms with Gasteiger partial charge in [-0.05, 0) is 31.9 Å². The van der Waals surface area contributed by atoms with Crippen LogP contribution < -0.4 is 4.90 Å². The Bertz CT molecular complexity index is 353. The first kappa shape index (κ1) is 10.4. The molecule has 1 saturated heterocycles. The summed E-state index contributed by atoms with van der Waals surface area (Å²) in [4.78, 5) is 2.18. The van der Waals surface area contributed by atoms with Crippen molar-refractivity contribution in [3.63, 3.8) is 0 Å². The van der Waals surface area contributed by atoms with Gasteiger partial charge in [-0.15, -0.1) is 0 Å². The summed E-state index contributed by atoms with van der Waals surface area (Å²) < 4.78 is 13.4. The van der Waals surface area contributed by atoms with Crippen LogP contribution in [0.2, 0.25) is 0 Å². The van der Waals surface area contributed by atoms with Gasteiger partial charge in [-0.1, -0.05) is 6.07 Å². The highest BCUT2D eigenvalue weighted by Crippen LogP contribution is 2.29. The van der Waals surface area contributed by atoms with E-state index in [-0.39, 0.29) is 12.4 Å². The molecule has 1 N–H and O–H groups in total. The van der Waals surface area contributed by atoms with Crippen LogP contribution in [-0.2, 0) is 6.61 Å². The monoisotopic (exact) mass is 209 g/mol. The van der Waals surface area contributed by atoms with Crippen molar-refractivity contribution in [2.45, 2.75) is 32.4 Å². The van der Waals surface area contributed by atoms with Crippen LogP contribution >= 0.6 is 0 Å². The van der Waals surface area contributed by atoms with Crippen molar-refractivity contribution in [3.8, 4) is 0 Å². The summed E-state index contributed by atoms with van der Waals surface area (Å²) in [5.41, 5.74) is 1.27. The maximum atomic E-state index is 13.4. The maximum Gasteiger partial charge on any atom is 0.130 e. The van der Waals surface area contributed by atoms with Crippen LogP contribution in [0.3, 0.4) is 0 Å². The summed E-state index contributed by atoms with van der Waals surface area (Å²) in [5, 5.41) is 9.18. The topological polar surface area (TPSA) is 23.5 Å². The van der Waals surface area contributed by atoms with Crippen LogP contribution in [0.1, 0.15) is 25.3 Å². The molecule has 1 unspecified atom stereocenters. The number of aliphatic hydroxyl groups excluding tert-OH is 1. The lowest BCUT2D eigenvalue weighted by Crippen LogP contribution is -2.27. The Morgan fingerprint density at radius 1 is 1.53 bits per heavy atom. The summed E-state index contributed by atoms with van der Waals surface area (Å²) in [5.74, 6) is -0.311. The third-order valence-corrected chi connectivity index (χ3v) is 3.11. The number of rotatable bonds is 2. The van der Waals surface area contributed by atoms with Crippen LogP contribution in [0.15, 0.2) is 18.2 Å². The SMILES string of the molecule is CC1CCCN1c1cccc(F)c1CO. The van der Waals surface area contributed by atoms with Crippen LogP contribution in [0.25, 0.3) is 0 Å². The van der Waals surface area contributed by atoms with Gasteiger partial charge in [0.25, 0.3) is 0 Å². The zero-order valence-electron chi connectivity index (χ0n) is 8.91. The molecule has 0 radical (unpaired) electrons. The van der Waals surface area contributed by atoms with E-state index in [0.29, 0.717) is 11.6 Å². The Balaban J connectivity index is 2.38. The first-order valence-corrected chi connectivity index (χ1v) is 5.39. The lowest BCUT2D eigenvalue weighted by Gasteiger charge is -2.26. The highest BCUT2D eigenvalue weighted by Gasteiger charge is 2.23. The number of benzene rings is 1. The fraction of sp³-hybridized carbons (Fsp3) is 0.500. The van der Waals surface area contributed by atoms with E-state index in [2.05, 4.69) is 11.8 Å². The molecule has 1 heterocycles. The van der Waals surface area contributed by atoms with E-state index in [1.54, 1.807) is 6.07 Å². The summed E-state index contributed by atoms with van der Waals surface area (Å²) in [6.07, 6.45) is 2.28. The fourth-order valence-corrected chi connectivity index (χ4v) is 2.26. The summed E-state index contributed by atoms with van der Waals surface area (Å²) in [6.45, 7) is 2.86. The molecule has 1 fully saturated rings. The second-order valence-electron chi connectivity index (χ2n) is 4.08. The first-order valence-electron chi connectivity index (χ1n) is 5.39. The predicted molar refractivity (Wildman–Crippen MR) is 58.4 cm³/mol. The van der Waals surface area contributed by atoms with Gasteiger partial charge in [-0.3, -0.25) is 0 Å². The van der Waals surface area contributed by atoms with Gasteiger partial charge in [0.1, 0.15) is 5.82 Å². The lowest BCUT2D eigenvalue weighted by molar-refractivity contribution is 0.276. The average molecular weight is 209 g/mol. The Morgan fingerprint density at radius 2 is 2.33 bits per heavy atom. The van der Waals surface area contributed by atoms with E-state index in [0.717, 1.165) is 25.1 Å².